The fraction of sp³-hybridized carbons (Fsp3) is 0.304. The molecule has 6 heteroatoms. The summed E-state index contributed by atoms with van der Waals surface area (Å²) >= 11 is 0. The molecule has 0 heterocycles. The van der Waals surface area contributed by atoms with Crippen molar-refractivity contribution in [1.29, 1.82) is 0 Å². The van der Waals surface area contributed by atoms with Gasteiger partial charge in [-0.25, -0.2) is 4.39 Å². The third-order valence-electron chi connectivity index (χ3n) is 5.04. The maximum atomic E-state index is 13.9. The number of esters is 1. The van der Waals surface area contributed by atoms with Crippen LogP contribution in [0, 0.1) is 11.7 Å². The smallest absolute Gasteiger partial charge is 0.317 e. The molecule has 2 aromatic rings. The maximum absolute atomic E-state index is 13.9. The molecule has 0 aliphatic heterocycles. The zero-order valence-electron chi connectivity index (χ0n) is 16.6. The van der Waals surface area contributed by atoms with Gasteiger partial charge in [-0.1, -0.05) is 12.1 Å². The zero-order valence-corrected chi connectivity index (χ0v) is 16.6. The molecule has 5 nitrogen and oxygen atoms in total. The Labute approximate surface area is 169 Å². The number of hydrogen-bond acceptors (Lipinski definition) is 5. The molecule has 0 bridgehead atoms. The van der Waals surface area contributed by atoms with Gasteiger partial charge >= 0.3 is 5.97 Å². The first-order valence-electron chi connectivity index (χ1n) is 9.37. The van der Waals surface area contributed by atoms with E-state index in [1.165, 1.54) is 25.3 Å². The SMILES string of the molecule is CCOC(=O)[C@H]1C(=O)C=C(c2ccc(OC)cc2OC)C[C@@H]1c1cccc(F)c1. The average Bonchev–Trinajstić information content (AvgIpc) is 2.72. The van der Waals surface area contributed by atoms with Crippen molar-refractivity contribution >= 4 is 17.3 Å². The molecule has 0 spiro atoms. The molecule has 0 aromatic heterocycles. The van der Waals surface area contributed by atoms with Gasteiger partial charge < -0.3 is 14.2 Å². The zero-order chi connectivity index (χ0) is 21.0. The van der Waals surface area contributed by atoms with Crippen LogP contribution in [0.25, 0.3) is 5.57 Å². The van der Waals surface area contributed by atoms with Crippen LogP contribution in [0.4, 0.5) is 4.39 Å². The van der Waals surface area contributed by atoms with Gasteiger partial charge in [0.25, 0.3) is 0 Å². The molecule has 29 heavy (non-hydrogen) atoms. The van der Waals surface area contributed by atoms with Gasteiger partial charge in [0.05, 0.1) is 20.8 Å². The lowest BCUT2D eigenvalue weighted by atomic mass is 9.73. The molecule has 0 saturated carbocycles. The predicted molar refractivity (Wildman–Crippen MR) is 106 cm³/mol. The summed E-state index contributed by atoms with van der Waals surface area (Å²) in [6.07, 6.45) is 1.82. The van der Waals surface area contributed by atoms with Crippen LogP contribution in [0.5, 0.6) is 11.5 Å². The van der Waals surface area contributed by atoms with E-state index in [4.69, 9.17) is 14.2 Å². The lowest BCUT2D eigenvalue weighted by Gasteiger charge is -2.30. The van der Waals surface area contributed by atoms with Crippen LogP contribution in [-0.2, 0) is 14.3 Å². The first-order valence-corrected chi connectivity index (χ1v) is 9.37. The van der Waals surface area contributed by atoms with E-state index in [9.17, 15) is 14.0 Å². The van der Waals surface area contributed by atoms with Crippen molar-refractivity contribution in [2.24, 2.45) is 5.92 Å². The molecule has 2 aromatic carbocycles. The van der Waals surface area contributed by atoms with Gasteiger partial charge in [-0.3, -0.25) is 9.59 Å². The number of carbonyl (C=O) groups is 2. The third kappa shape index (κ3) is 4.31. The molecule has 0 radical (unpaired) electrons. The van der Waals surface area contributed by atoms with Gasteiger partial charge in [-0.05, 0) is 54.8 Å². The number of ketones is 1. The molecule has 152 valence electrons. The van der Waals surface area contributed by atoms with E-state index < -0.39 is 23.6 Å². The monoisotopic (exact) mass is 398 g/mol. The second-order valence-electron chi connectivity index (χ2n) is 6.73. The Morgan fingerprint density at radius 2 is 1.93 bits per heavy atom. The van der Waals surface area contributed by atoms with Crippen molar-refractivity contribution in [2.45, 2.75) is 19.3 Å². The molecular weight excluding hydrogens is 375 g/mol. The van der Waals surface area contributed by atoms with Gasteiger partial charge in [0, 0.05) is 17.5 Å². The van der Waals surface area contributed by atoms with Crippen molar-refractivity contribution in [1.82, 2.24) is 0 Å². The van der Waals surface area contributed by atoms with Crippen LogP contribution in [0.1, 0.15) is 30.4 Å². The Kier molecular flexibility index (Phi) is 6.32. The Morgan fingerprint density at radius 1 is 1.14 bits per heavy atom. The summed E-state index contributed by atoms with van der Waals surface area (Å²) in [4.78, 5) is 25.5. The summed E-state index contributed by atoms with van der Waals surface area (Å²) in [5.41, 5.74) is 2.02. The van der Waals surface area contributed by atoms with E-state index in [1.54, 1.807) is 38.3 Å². The average molecular weight is 398 g/mol. The van der Waals surface area contributed by atoms with E-state index in [0.29, 0.717) is 29.1 Å². The van der Waals surface area contributed by atoms with Gasteiger partial charge in [0.15, 0.2) is 5.78 Å². The van der Waals surface area contributed by atoms with Crippen LogP contribution >= 0.6 is 0 Å². The minimum absolute atomic E-state index is 0.168. The molecule has 0 N–H and O–H groups in total. The summed E-state index contributed by atoms with van der Waals surface area (Å²) in [5, 5.41) is 0. The van der Waals surface area contributed by atoms with Crippen LogP contribution < -0.4 is 9.47 Å². The lowest BCUT2D eigenvalue weighted by Crippen LogP contribution is -2.34. The molecule has 0 fully saturated rings. The summed E-state index contributed by atoms with van der Waals surface area (Å²) < 4.78 is 29.7. The van der Waals surface area contributed by atoms with Crippen molar-refractivity contribution < 1.29 is 28.2 Å². The highest BCUT2D eigenvalue weighted by molar-refractivity contribution is 6.11. The number of rotatable bonds is 6. The number of allylic oxidation sites excluding steroid dienone is 2. The molecule has 1 aliphatic carbocycles. The number of methoxy groups -OCH3 is 2. The van der Waals surface area contributed by atoms with Gasteiger partial charge in [0.2, 0.25) is 0 Å². The Hall–Kier alpha value is -3.15. The molecular formula is C23H23FO5. The second-order valence-corrected chi connectivity index (χ2v) is 6.73. The number of ether oxygens (including phenoxy) is 3. The lowest BCUT2D eigenvalue weighted by molar-refractivity contribution is -0.151. The highest BCUT2D eigenvalue weighted by atomic mass is 19.1. The third-order valence-corrected chi connectivity index (χ3v) is 5.04. The largest absolute Gasteiger partial charge is 0.497 e. The van der Waals surface area contributed by atoms with E-state index in [2.05, 4.69) is 0 Å². The van der Waals surface area contributed by atoms with Crippen LogP contribution in [0.15, 0.2) is 48.5 Å². The van der Waals surface area contributed by atoms with Crippen molar-refractivity contribution in [2.75, 3.05) is 20.8 Å². The van der Waals surface area contributed by atoms with Crippen molar-refractivity contribution in [3.8, 4) is 11.5 Å². The van der Waals surface area contributed by atoms with Crippen LogP contribution in [0.2, 0.25) is 0 Å². The predicted octanol–water partition coefficient (Wildman–Crippen LogP) is 4.16. The maximum Gasteiger partial charge on any atom is 0.317 e. The summed E-state index contributed by atoms with van der Waals surface area (Å²) in [6.45, 7) is 1.85. The fourth-order valence-electron chi connectivity index (χ4n) is 3.68. The highest BCUT2D eigenvalue weighted by Crippen LogP contribution is 2.43. The summed E-state index contributed by atoms with van der Waals surface area (Å²) in [6, 6.07) is 11.3. The Balaban J connectivity index is 2.07. The Morgan fingerprint density at radius 3 is 2.59 bits per heavy atom. The van der Waals surface area contributed by atoms with Crippen LogP contribution in [0.3, 0.4) is 0 Å². The quantitative estimate of drug-likeness (QED) is 0.540. The standard InChI is InChI=1S/C23H23FO5/c1-4-29-23(26)22-19(14-6-5-7-16(24)10-14)11-15(12-20(22)25)18-9-8-17(27-2)13-21(18)28-3/h5-10,12-13,19,22H,4,11H2,1-3H3/t19-,22-/m1/s1. The highest BCUT2D eigenvalue weighted by Gasteiger charge is 2.40. The molecule has 0 unspecified atom stereocenters. The molecule has 2 atom stereocenters. The number of hydrogen-bond donors (Lipinski definition) is 0. The topological polar surface area (TPSA) is 61.8 Å². The molecule has 0 saturated heterocycles. The first-order chi connectivity index (χ1) is 14.0. The van der Waals surface area contributed by atoms with Gasteiger partial charge in [0.1, 0.15) is 23.2 Å². The normalized spacial score (nSPS) is 18.8. The Bertz CT molecular complexity index is 950. The van der Waals surface area contributed by atoms with Crippen molar-refractivity contribution in [3.05, 3.63) is 65.5 Å². The number of carbonyl (C=O) groups excluding carboxylic acids is 2. The first kappa shape index (κ1) is 20.6. The van der Waals surface area contributed by atoms with Gasteiger partial charge in [-0.15, -0.1) is 0 Å². The van der Waals surface area contributed by atoms with Crippen molar-refractivity contribution in [3.63, 3.8) is 0 Å². The molecule has 0 amide bonds. The number of halogens is 1. The van der Waals surface area contributed by atoms with E-state index >= 15 is 0 Å². The van der Waals surface area contributed by atoms with Crippen LogP contribution in [-0.4, -0.2) is 32.6 Å². The van der Waals surface area contributed by atoms with E-state index in [0.717, 1.165) is 5.56 Å². The minimum Gasteiger partial charge on any atom is -0.497 e. The number of benzene rings is 2. The van der Waals surface area contributed by atoms with E-state index in [-0.39, 0.29) is 12.4 Å². The molecule has 3 rings (SSSR count). The summed E-state index contributed by atoms with van der Waals surface area (Å²) in [5.74, 6) is -1.75. The fourth-order valence-corrected chi connectivity index (χ4v) is 3.68. The van der Waals surface area contributed by atoms with E-state index in [1.807, 2.05) is 6.07 Å². The molecule has 1 aliphatic rings. The second kappa shape index (κ2) is 8.90. The van der Waals surface area contributed by atoms with Gasteiger partial charge in [-0.2, -0.15) is 0 Å². The summed E-state index contributed by atoms with van der Waals surface area (Å²) in [7, 11) is 3.09. The minimum atomic E-state index is -1.01.